The number of benzene rings is 1. The largest absolute Gasteiger partial charge is 0.398 e. The highest BCUT2D eigenvalue weighted by Gasteiger charge is 2.11. The van der Waals surface area contributed by atoms with E-state index < -0.39 is 0 Å². The summed E-state index contributed by atoms with van der Waals surface area (Å²) in [6, 6.07) is 7.74. The first-order valence-corrected chi connectivity index (χ1v) is 5.93. The van der Waals surface area contributed by atoms with Gasteiger partial charge in [0.05, 0.1) is 5.69 Å². The van der Waals surface area contributed by atoms with E-state index in [1.54, 1.807) is 18.4 Å². The van der Waals surface area contributed by atoms with Crippen LogP contribution in [-0.2, 0) is 4.74 Å². The van der Waals surface area contributed by atoms with E-state index in [-0.39, 0.29) is 6.10 Å². The maximum atomic E-state index is 5.90. The summed E-state index contributed by atoms with van der Waals surface area (Å²) >= 11 is 1.59. The average molecular weight is 234 g/mol. The molecule has 16 heavy (non-hydrogen) atoms. The van der Waals surface area contributed by atoms with Crippen LogP contribution in [0.2, 0.25) is 0 Å². The fourth-order valence-corrected chi connectivity index (χ4v) is 2.28. The SMILES string of the molecule is COC(C)c1nc(-c2ccccc2N)cs1. The summed E-state index contributed by atoms with van der Waals surface area (Å²) in [5, 5.41) is 2.98. The standard InChI is InChI=1S/C12H14N2OS/c1-8(15-2)12-14-11(7-16-12)9-5-3-4-6-10(9)13/h3-8H,13H2,1-2H3. The van der Waals surface area contributed by atoms with Gasteiger partial charge in [-0.05, 0) is 13.0 Å². The third kappa shape index (κ3) is 2.08. The molecule has 4 heteroatoms. The third-order valence-corrected chi connectivity index (χ3v) is 3.47. The second kappa shape index (κ2) is 4.63. The Labute approximate surface area is 98.9 Å². The van der Waals surface area contributed by atoms with Crippen molar-refractivity contribution in [1.29, 1.82) is 0 Å². The van der Waals surface area contributed by atoms with Gasteiger partial charge in [0, 0.05) is 23.7 Å². The number of hydrogen-bond acceptors (Lipinski definition) is 4. The lowest BCUT2D eigenvalue weighted by Gasteiger charge is -2.04. The number of ether oxygens (including phenoxy) is 1. The third-order valence-electron chi connectivity index (χ3n) is 2.46. The number of anilines is 1. The maximum Gasteiger partial charge on any atom is 0.122 e. The highest BCUT2D eigenvalue weighted by atomic mass is 32.1. The van der Waals surface area contributed by atoms with Crippen LogP contribution < -0.4 is 5.73 Å². The summed E-state index contributed by atoms with van der Waals surface area (Å²) in [6.07, 6.45) is 0.0312. The van der Waals surface area contributed by atoms with Gasteiger partial charge in [0.25, 0.3) is 0 Å². The predicted octanol–water partition coefficient (Wildman–Crippen LogP) is 3.10. The lowest BCUT2D eigenvalue weighted by Crippen LogP contribution is -1.95. The molecule has 0 saturated carbocycles. The maximum absolute atomic E-state index is 5.90. The van der Waals surface area contributed by atoms with Gasteiger partial charge in [-0.15, -0.1) is 11.3 Å². The minimum Gasteiger partial charge on any atom is -0.398 e. The second-order valence-electron chi connectivity index (χ2n) is 3.54. The Balaban J connectivity index is 2.35. The highest BCUT2D eigenvalue weighted by Crippen LogP contribution is 2.29. The first kappa shape index (κ1) is 11.1. The fraction of sp³-hybridized carbons (Fsp3) is 0.250. The summed E-state index contributed by atoms with van der Waals surface area (Å²) in [5.74, 6) is 0. The zero-order valence-electron chi connectivity index (χ0n) is 9.31. The van der Waals surface area contributed by atoms with E-state index in [1.165, 1.54) is 0 Å². The van der Waals surface area contributed by atoms with Gasteiger partial charge in [-0.2, -0.15) is 0 Å². The number of nitrogens with two attached hydrogens (primary N) is 1. The van der Waals surface area contributed by atoms with E-state index in [0.717, 1.165) is 22.0 Å². The Kier molecular flexibility index (Phi) is 3.22. The molecule has 0 spiro atoms. The van der Waals surface area contributed by atoms with E-state index >= 15 is 0 Å². The molecule has 1 unspecified atom stereocenters. The first-order valence-electron chi connectivity index (χ1n) is 5.05. The summed E-state index contributed by atoms with van der Waals surface area (Å²) < 4.78 is 5.23. The molecule has 0 aliphatic heterocycles. The van der Waals surface area contributed by atoms with Crippen LogP contribution in [0.4, 0.5) is 5.69 Å². The molecule has 3 nitrogen and oxygen atoms in total. The summed E-state index contributed by atoms with van der Waals surface area (Å²) in [4.78, 5) is 4.53. The molecule has 84 valence electrons. The number of methoxy groups -OCH3 is 1. The van der Waals surface area contributed by atoms with Crippen molar-refractivity contribution < 1.29 is 4.74 Å². The van der Waals surface area contributed by atoms with Crippen molar-refractivity contribution >= 4 is 17.0 Å². The topological polar surface area (TPSA) is 48.1 Å². The zero-order chi connectivity index (χ0) is 11.5. The molecular formula is C12H14N2OS. The van der Waals surface area contributed by atoms with Crippen molar-refractivity contribution in [2.45, 2.75) is 13.0 Å². The van der Waals surface area contributed by atoms with Gasteiger partial charge in [0.2, 0.25) is 0 Å². The van der Waals surface area contributed by atoms with Crippen molar-refractivity contribution in [3.63, 3.8) is 0 Å². The lowest BCUT2D eigenvalue weighted by atomic mass is 10.1. The van der Waals surface area contributed by atoms with Crippen LogP contribution >= 0.6 is 11.3 Å². The van der Waals surface area contributed by atoms with Crippen LogP contribution in [0.15, 0.2) is 29.6 Å². The molecule has 2 rings (SSSR count). The van der Waals surface area contributed by atoms with E-state index in [2.05, 4.69) is 4.98 Å². The number of hydrogen-bond donors (Lipinski definition) is 1. The van der Waals surface area contributed by atoms with Crippen molar-refractivity contribution in [2.75, 3.05) is 12.8 Å². The number of para-hydroxylation sites is 1. The molecule has 0 aliphatic rings. The molecule has 0 amide bonds. The van der Waals surface area contributed by atoms with Crippen LogP contribution in [0.1, 0.15) is 18.0 Å². The Morgan fingerprint density at radius 1 is 1.38 bits per heavy atom. The molecule has 1 heterocycles. The Hall–Kier alpha value is -1.39. The monoisotopic (exact) mass is 234 g/mol. The van der Waals surface area contributed by atoms with Gasteiger partial charge in [-0.25, -0.2) is 4.98 Å². The van der Waals surface area contributed by atoms with Crippen LogP contribution in [0.25, 0.3) is 11.3 Å². The van der Waals surface area contributed by atoms with Gasteiger partial charge >= 0.3 is 0 Å². The van der Waals surface area contributed by atoms with Gasteiger partial charge < -0.3 is 10.5 Å². The van der Waals surface area contributed by atoms with Gasteiger partial charge in [-0.3, -0.25) is 0 Å². The van der Waals surface area contributed by atoms with Crippen molar-refractivity contribution in [1.82, 2.24) is 4.98 Å². The molecular weight excluding hydrogens is 220 g/mol. The van der Waals surface area contributed by atoms with Crippen molar-refractivity contribution in [2.24, 2.45) is 0 Å². The molecule has 2 aromatic rings. The molecule has 1 aromatic heterocycles. The number of nitrogen functional groups attached to an aromatic ring is 1. The highest BCUT2D eigenvalue weighted by molar-refractivity contribution is 7.10. The first-order chi connectivity index (χ1) is 7.72. The van der Waals surface area contributed by atoms with Gasteiger partial charge in [0.15, 0.2) is 0 Å². The van der Waals surface area contributed by atoms with Crippen LogP contribution in [-0.4, -0.2) is 12.1 Å². The number of aromatic nitrogens is 1. The minimum absolute atomic E-state index is 0.0312. The summed E-state index contributed by atoms with van der Waals surface area (Å²) in [7, 11) is 1.68. The van der Waals surface area contributed by atoms with E-state index in [4.69, 9.17) is 10.5 Å². The average Bonchev–Trinajstić information content (AvgIpc) is 2.78. The molecule has 0 bridgehead atoms. The Morgan fingerprint density at radius 2 is 2.12 bits per heavy atom. The summed E-state index contributed by atoms with van der Waals surface area (Å²) in [5.41, 5.74) is 8.56. The summed E-state index contributed by atoms with van der Waals surface area (Å²) in [6.45, 7) is 1.98. The molecule has 1 aromatic carbocycles. The molecule has 0 aliphatic carbocycles. The van der Waals surface area contributed by atoms with Gasteiger partial charge in [0.1, 0.15) is 11.1 Å². The van der Waals surface area contributed by atoms with Crippen molar-refractivity contribution in [3.8, 4) is 11.3 Å². The fourth-order valence-electron chi connectivity index (χ4n) is 1.43. The second-order valence-corrected chi connectivity index (χ2v) is 4.43. The van der Waals surface area contributed by atoms with E-state index in [1.807, 2.05) is 36.6 Å². The Morgan fingerprint density at radius 3 is 2.81 bits per heavy atom. The number of thiazole rings is 1. The number of nitrogens with zero attached hydrogens (tertiary/aromatic N) is 1. The molecule has 0 fully saturated rings. The predicted molar refractivity (Wildman–Crippen MR) is 67.4 cm³/mol. The van der Waals surface area contributed by atoms with Gasteiger partial charge in [-0.1, -0.05) is 18.2 Å². The quantitative estimate of drug-likeness (QED) is 0.830. The van der Waals surface area contributed by atoms with Crippen LogP contribution in [0.5, 0.6) is 0 Å². The lowest BCUT2D eigenvalue weighted by molar-refractivity contribution is 0.119. The van der Waals surface area contributed by atoms with Crippen LogP contribution in [0, 0.1) is 0 Å². The molecule has 0 saturated heterocycles. The van der Waals surface area contributed by atoms with Crippen LogP contribution in [0.3, 0.4) is 0 Å². The van der Waals surface area contributed by atoms with Crippen molar-refractivity contribution in [3.05, 3.63) is 34.7 Å². The van der Waals surface area contributed by atoms with E-state index in [9.17, 15) is 0 Å². The van der Waals surface area contributed by atoms with E-state index in [0.29, 0.717) is 0 Å². The normalized spacial score (nSPS) is 12.6. The smallest absolute Gasteiger partial charge is 0.122 e. The Bertz CT molecular complexity index is 481. The number of rotatable bonds is 3. The zero-order valence-corrected chi connectivity index (χ0v) is 10.1. The molecule has 0 radical (unpaired) electrons. The molecule has 2 N–H and O–H groups in total. The molecule has 1 atom stereocenters. The minimum atomic E-state index is 0.0312.